The SMILES string of the molecule is CNCC1(CN(C)C2CC2)CCCC1. The molecule has 0 atom stereocenters. The van der Waals surface area contributed by atoms with Crippen LogP contribution in [0, 0.1) is 5.41 Å². The van der Waals surface area contributed by atoms with Crippen LogP contribution < -0.4 is 5.32 Å². The van der Waals surface area contributed by atoms with Crippen LogP contribution in [0.25, 0.3) is 0 Å². The van der Waals surface area contributed by atoms with Gasteiger partial charge in [-0.3, -0.25) is 0 Å². The minimum absolute atomic E-state index is 0.603. The molecule has 2 saturated carbocycles. The molecule has 14 heavy (non-hydrogen) atoms. The summed E-state index contributed by atoms with van der Waals surface area (Å²) >= 11 is 0. The second kappa shape index (κ2) is 4.19. The molecule has 0 saturated heterocycles. The van der Waals surface area contributed by atoms with E-state index in [9.17, 15) is 0 Å². The largest absolute Gasteiger partial charge is 0.319 e. The smallest absolute Gasteiger partial charge is 0.00936 e. The fourth-order valence-electron chi connectivity index (χ4n) is 3.06. The fourth-order valence-corrected chi connectivity index (χ4v) is 3.06. The Morgan fingerprint density at radius 2 is 1.93 bits per heavy atom. The summed E-state index contributed by atoms with van der Waals surface area (Å²) in [6.07, 6.45) is 8.63. The molecule has 2 aliphatic carbocycles. The van der Waals surface area contributed by atoms with Crippen LogP contribution in [0.4, 0.5) is 0 Å². The number of nitrogens with zero attached hydrogens (tertiary/aromatic N) is 1. The summed E-state index contributed by atoms with van der Waals surface area (Å²) < 4.78 is 0. The Bertz CT molecular complexity index is 181. The molecular weight excluding hydrogens is 172 g/mol. The van der Waals surface area contributed by atoms with Crippen molar-refractivity contribution in [2.45, 2.75) is 44.6 Å². The first kappa shape index (κ1) is 10.4. The normalized spacial score (nSPS) is 25.9. The van der Waals surface area contributed by atoms with Crippen LogP contribution in [0.15, 0.2) is 0 Å². The average Bonchev–Trinajstić information content (AvgIpc) is 2.91. The third-order valence-electron chi connectivity index (χ3n) is 3.97. The number of nitrogens with one attached hydrogen (secondary N) is 1. The average molecular weight is 196 g/mol. The van der Waals surface area contributed by atoms with Gasteiger partial charge in [0.15, 0.2) is 0 Å². The third kappa shape index (κ3) is 2.29. The van der Waals surface area contributed by atoms with E-state index in [1.54, 1.807) is 0 Å². The van der Waals surface area contributed by atoms with Crippen LogP contribution in [0.1, 0.15) is 38.5 Å². The molecule has 2 rings (SSSR count). The number of hydrogen-bond donors (Lipinski definition) is 1. The molecule has 2 nitrogen and oxygen atoms in total. The Hall–Kier alpha value is -0.0800. The van der Waals surface area contributed by atoms with Gasteiger partial charge in [-0.25, -0.2) is 0 Å². The first-order valence-corrected chi connectivity index (χ1v) is 6.11. The highest BCUT2D eigenvalue weighted by molar-refractivity contribution is 4.92. The minimum Gasteiger partial charge on any atom is -0.319 e. The third-order valence-corrected chi connectivity index (χ3v) is 3.97. The van der Waals surface area contributed by atoms with Crippen molar-refractivity contribution in [1.82, 2.24) is 10.2 Å². The van der Waals surface area contributed by atoms with Crippen molar-refractivity contribution < 1.29 is 0 Å². The second-order valence-electron chi connectivity index (χ2n) is 5.38. The van der Waals surface area contributed by atoms with Gasteiger partial charge in [-0.1, -0.05) is 12.8 Å². The highest BCUT2D eigenvalue weighted by atomic mass is 15.2. The van der Waals surface area contributed by atoms with Gasteiger partial charge >= 0.3 is 0 Å². The van der Waals surface area contributed by atoms with E-state index in [1.807, 2.05) is 0 Å². The molecule has 0 aromatic rings. The molecule has 0 bridgehead atoms. The van der Waals surface area contributed by atoms with Crippen LogP contribution in [0.3, 0.4) is 0 Å². The van der Waals surface area contributed by atoms with Gasteiger partial charge in [0.2, 0.25) is 0 Å². The van der Waals surface area contributed by atoms with Crippen LogP contribution in [-0.2, 0) is 0 Å². The molecule has 0 amide bonds. The van der Waals surface area contributed by atoms with Gasteiger partial charge in [-0.05, 0) is 45.2 Å². The van der Waals surface area contributed by atoms with Gasteiger partial charge in [-0.2, -0.15) is 0 Å². The molecule has 0 aliphatic heterocycles. The Kier molecular flexibility index (Phi) is 3.13. The molecule has 0 aromatic heterocycles. The zero-order valence-electron chi connectivity index (χ0n) is 9.68. The molecule has 2 fully saturated rings. The van der Waals surface area contributed by atoms with E-state index in [-0.39, 0.29) is 0 Å². The molecule has 0 aromatic carbocycles. The van der Waals surface area contributed by atoms with E-state index in [4.69, 9.17) is 0 Å². The molecule has 0 heterocycles. The standard InChI is InChI=1S/C12H24N2/c1-13-9-12(7-3-4-8-12)10-14(2)11-5-6-11/h11,13H,3-10H2,1-2H3. The van der Waals surface area contributed by atoms with Crippen molar-refractivity contribution in [3.63, 3.8) is 0 Å². The van der Waals surface area contributed by atoms with Crippen LogP contribution in [0.5, 0.6) is 0 Å². The number of hydrogen-bond acceptors (Lipinski definition) is 2. The summed E-state index contributed by atoms with van der Waals surface area (Å²) in [4.78, 5) is 2.60. The molecular formula is C12H24N2. The van der Waals surface area contributed by atoms with E-state index >= 15 is 0 Å². The Morgan fingerprint density at radius 1 is 1.29 bits per heavy atom. The maximum Gasteiger partial charge on any atom is 0.00936 e. The fraction of sp³-hybridized carbons (Fsp3) is 1.00. The van der Waals surface area contributed by atoms with Crippen molar-refractivity contribution in [3.05, 3.63) is 0 Å². The highest BCUT2D eigenvalue weighted by Crippen LogP contribution is 2.40. The zero-order chi connectivity index (χ0) is 10.0. The lowest BCUT2D eigenvalue weighted by Gasteiger charge is -2.33. The highest BCUT2D eigenvalue weighted by Gasteiger charge is 2.37. The summed E-state index contributed by atoms with van der Waals surface area (Å²) in [7, 11) is 4.41. The summed E-state index contributed by atoms with van der Waals surface area (Å²) in [5.41, 5.74) is 0.603. The van der Waals surface area contributed by atoms with Gasteiger partial charge in [-0.15, -0.1) is 0 Å². The van der Waals surface area contributed by atoms with E-state index in [1.165, 1.54) is 51.6 Å². The summed E-state index contributed by atoms with van der Waals surface area (Å²) in [6, 6.07) is 0.921. The van der Waals surface area contributed by atoms with E-state index in [2.05, 4.69) is 24.3 Å². The number of rotatable bonds is 5. The van der Waals surface area contributed by atoms with E-state index in [0.717, 1.165) is 6.04 Å². The predicted octanol–water partition coefficient (Wildman–Crippen LogP) is 1.86. The van der Waals surface area contributed by atoms with Crippen molar-refractivity contribution in [3.8, 4) is 0 Å². The van der Waals surface area contributed by atoms with Crippen LogP contribution in [0.2, 0.25) is 0 Å². The van der Waals surface area contributed by atoms with Crippen LogP contribution >= 0.6 is 0 Å². The van der Waals surface area contributed by atoms with Crippen LogP contribution in [-0.4, -0.2) is 38.1 Å². The zero-order valence-corrected chi connectivity index (χ0v) is 9.68. The van der Waals surface area contributed by atoms with Gasteiger partial charge < -0.3 is 10.2 Å². The topological polar surface area (TPSA) is 15.3 Å². The monoisotopic (exact) mass is 196 g/mol. The Balaban J connectivity index is 1.88. The molecule has 2 aliphatic rings. The minimum atomic E-state index is 0.603. The molecule has 0 radical (unpaired) electrons. The quantitative estimate of drug-likeness (QED) is 0.722. The van der Waals surface area contributed by atoms with Gasteiger partial charge in [0.1, 0.15) is 0 Å². The molecule has 2 heteroatoms. The maximum absolute atomic E-state index is 3.39. The van der Waals surface area contributed by atoms with Crippen molar-refractivity contribution in [2.24, 2.45) is 5.41 Å². The van der Waals surface area contributed by atoms with Crippen molar-refractivity contribution in [1.29, 1.82) is 0 Å². The second-order valence-corrected chi connectivity index (χ2v) is 5.38. The summed E-state index contributed by atoms with van der Waals surface area (Å²) in [6.45, 7) is 2.53. The summed E-state index contributed by atoms with van der Waals surface area (Å²) in [5, 5.41) is 3.39. The maximum atomic E-state index is 3.39. The first-order chi connectivity index (χ1) is 6.76. The Labute approximate surface area is 88.1 Å². The van der Waals surface area contributed by atoms with Gasteiger partial charge in [0.05, 0.1) is 0 Å². The molecule has 0 unspecified atom stereocenters. The van der Waals surface area contributed by atoms with Gasteiger partial charge in [0, 0.05) is 19.1 Å². The van der Waals surface area contributed by atoms with E-state index in [0.29, 0.717) is 5.41 Å². The predicted molar refractivity (Wildman–Crippen MR) is 60.5 cm³/mol. The summed E-state index contributed by atoms with van der Waals surface area (Å²) in [5.74, 6) is 0. The van der Waals surface area contributed by atoms with Gasteiger partial charge in [0.25, 0.3) is 0 Å². The lowest BCUT2D eigenvalue weighted by molar-refractivity contribution is 0.170. The first-order valence-electron chi connectivity index (χ1n) is 6.11. The Morgan fingerprint density at radius 3 is 2.43 bits per heavy atom. The molecule has 1 N–H and O–H groups in total. The molecule has 82 valence electrons. The molecule has 0 spiro atoms. The lowest BCUT2D eigenvalue weighted by atomic mass is 9.85. The van der Waals surface area contributed by atoms with E-state index < -0.39 is 0 Å². The van der Waals surface area contributed by atoms with Crippen molar-refractivity contribution >= 4 is 0 Å². The lowest BCUT2D eigenvalue weighted by Crippen LogP contribution is -2.41. The van der Waals surface area contributed by atoms with Crippen molar-refractivity contribution in [2.75, 3.05) is 27.2 Å².